The average molecular weight is 907 g/mol. The quantitative estimate of drug-likeness (QED) is 0.105. The fourth-order valence-corrected chi connectivity index (χ4v) is 9.29. The predicted octanol–water partition coefficient (Wildman–Crippen LogP) is 10.4. The first-order valence-corrected chi connectivity index (χ1v) is 28.3. The molecule has 0 heterocycles. The fraction of sp³-hybridized carbons (Fsp3) is 0.444. The zero-order valence-electron chi connectivity index (χ0n) is 36.8. The van der Waals surface area contributed by atoms with E-state index < -0.39 is 0 Å². The van der Waals surface area contributed by atoms with E-state index in [0.29, 0.717) is 11.8 Å². The topological polar surface area (TPSA) is 0 Å². The molecule has 2 saturated carbocycles. The van der Waals surface area contributed by atoms with Crippen molar-refractivity contribution in [2.24, 2.45) is 11.8 Å². The predicted molar refractivity (Wildman–Crippen MR) is 246 cm³/mol. The van der Waals surface area contributed by atoms with Crippen molar-refractivity contribution in [2.45, 2.75) is 144 Å². The Morgan fingerprint density at radius 1 is 0.534 bits per heavy atom. The van der Waals surface area contributed by atoms with Crippen molar-refractivity contribution < 1.29 is 48.1 Å². The van der Waals surface area contributed by atoms with Crippen LogP contribution in [0.15, 0.2) is 97.1 Å². The molecule has 308 valence electrons. The summed E-state index contributed by atoms with van der Waals surface area (Å²) in [6.07, 6.45) is 16.8. The van der Waals surface area contributed by atoms with Crippen LogP contribution in [-0.2, 0) is 36.2 Å². The van der Waals surface area contributed by atoms with Gasteiger partial charge in [-0.25, -0.2) is 0 Å². The third-order valence-corrected chi connectivity index (χ3v) is 12.6. The molecular weight excluding hydrogens is 839 g/mol. The molecule has 0 aromatic heterocycles. The van der Waals surface area contributed by atoms with E-state index in [1.807, 2.05) is 0 Å². The Balaban J connectivity index is 0.000000228. The Kier molecular flexibility index (Phi) is 19.3. The molecule has 0 amide bonds. The molecular formula is C54H68Cl2SiZr-2. The van der Waals surface area contributed by atoms with Crippen LogP contribution in [0.4, 0.5) is 0 Å². The van der Waals surface area contributed by atoms with Crippen LogP contribution in [0.2, 0.25) is 13.1 Å². The van der Waals surface area contributed by atoms with Gasteiger partial charge in [0.2, 0.25) is 0 Å². The van der Waals surface area contributed by atoms with Gasteiger partial charge in [0.1, 0.15) is 0 Å². The summed E-state index contributed by atoms with van der Waals surface area (Å²) < 4.78 is 0. The molecule has 0 bridgehead atoms. The summed E-state index contributed by atoms with van der Waals surface area (Å²) in [5.41, 5.74) is 14.4. The molecule has 6 aromatic rings. The van der Waals surface area contributed by atoms with Crippen LogP contribution >= 0.6 is 0 Å². The Hall–Kier alpha value is -2.22. The van der Waals surface area contributed by atoms with Crippen molar-refractivity contribution in [1.82, 2.24) is 0 Å². The number of fused-ring (bicyclic) bond motifs is 2. The third-order valence-electron chi connectivity index (χ3n) is 12.6. The molecule has 0 spiro atoms. The first kappa shape index (κ1) is 48.4. The molecule has 0 unspecified atom stereocenters. The van der Waals surface area contributed by atoms with E-state index >= 15 is 0 Å². The van der Waals surface area contributed by atoms with Gasteiger partial charge in [-0.15, -0.1) is 68.1 Å². The standard InChI is InChI=1S/2C26H31.C2H6Si.2ClH.Zr/c2*1-18(2)22-10-12-23(13-11-22)24-14-9-19(3)25-16-21(17-26(24)25)15-20-7-5-4-6-8-20;1-3-2;;;/h2*9-14,16-18,20H,4-8,15H2,1-3H3;1-2H3;2*1H;/q2*-1;;;;+2/p-2. The minimum Gasteiger partial charge on any atom is -1.00 e. The monoisotopic (exact) mass is 904 g/mol. The molecule has 0 radical (unpaired) electrons. The Bertz CT molecular complexity index is 2020. The maximum atomic E-state index is 2.47. The normalized spacial score (nSPS) is 14.7. The van der Waals surface area contributed by atoms with Crippen LogP contribution < -0.4 is 24.8 Å². The summed E-state index contributed by atoms with van der Waals surface area (Å²) in [5, 5.41) is 5.77. The summed E-state index contributed by atoms with van der Waals surface area (Å²) >= 11 is 1.74. The van der Waals surface area contributed by atoms with E-state index in [1.165, 1.54) is 143 Å². The molecule has 4 heteroatoms. The van der Waals surface area contributed by atoms with E-state index in [1.54, 1.807) is 34.5 Å². The zero-order valence-corrected chi connectivity index (χ0v) is 41.8. The first-order valence-electron chi connectivity index (χ1n) is 22.1. The second-order valence-corrected chi connectivity index (χ2v) is 27.6. The van der Waals surface area contributed by atoms with Crippen LogP contribution in [0.3, 0.4) is 0 Å². The van der Waals surface area contributed by atoms with Gasteiger partial charge in [-0.05, 0) is 58.8 Å². The number of hydrogen-bond donors (Lipinski definition) is 0. The second-order valence-electron chi connectivity index (χ2n) is 18.2. The number of benzene rings is 4. The van der Waals surface area contributed by atoms with Crippen molar-refractivity contribution in [3.05, 3.63) is 130 Å². The van der Waals surface area contributed by atoms with E-state index in [0.717, 1.165) is 11.8 Å². The summed E-state index contributed by atoms with van der Waals surface area (Å²) in [6.45, 7) is 18.1. The maximum Gasteiger partial charge on any atom is -0.0219 e. The van der Waals surface area contributed by atoms with Crippen LogP contribution in [0.1, 0.15) is 137 Å². The fourth-order valence-electron chi connectivity index (χ4n) is 9.29. The summed E-state index contributed by atoms with van der Waals surface area (Å²) in [7, 11) is 0. The molecule has 0 atom stereocenters. The molecule has 0 saturated heterocycles. The molecule has 58 heavy (non-hydrogen) atoms. The van der Waals surface area contributed by atoms with Gasteiger partial charge >= 0.3 is 41.9 Å². The molecule has 0 aliphatic heterocycles. The maximum absolute atomic E-state index is 2.47. The van der Waals surface area contributed by atoms with Gasteiger partial charge in [0.25, 0.3) is 0 Å². The Labute approximate surface area is 380 Å². The van der Waals surface area contributed by atoms with E-state index in [4.69, 9.17) is 0 Å². The van der Waals surface area contributed by atoms with Crippen molar-refractivity contribution in [3.63, 3.8) is 0 Å². The summed E-state index contributed by atoms with van der Waals surface area (Å²) in [4.78, 5) is 0. The van der Waals surface area contributed by atoms with Crippen molar-refractivity contribution in [3.8, 4) is 22.3 Å². The minimum atomic E-state index is 0. The van der Waals surface area contributed by atoms with Gasteiger partial charge in [-0.1, -0.05) is 178 Å². The summed E-state index contributed by atoms with van der Waals surface area (Å²) in [5.74, 6) is 2.97. The number of halogens is 2. The van der Waals surface area contributed by atoms with Crippen molar-refractivity contribution in [1.29, 1.82) is 0 Å². The Morgan fingerprint density at radius 2 is 0.862 bits per heavy atom. The molecule has 2 aliphatic carbocycles. The zero-order chi connectivity index (χ0) is 39.8. The SMILES string of the molecule is C[Si](C)=[Zr+2].Cc1ccc(-c2ccc(C(C)C)cc2)c2cc(CC3CCCCC3)[cH-]c12.Cc1ccc(-c2ccc(C(C)C)cc2)c2cc(CC3CCCCC3)[cH-]c12.[Cl-].[Cl-]. The van der Waals surface area contributed by atoms with E-state index in [2.05, 4.69) is 152 Å². The van der Waals surface area contributed by atoms with Gasteiger partial charge in [0.05, 0.1) is 0 Å². The van der Waals surface area contributed by atoms with Crippen LogP contribution in [0, 0.1) is 25.7 Å². The number of hydrogen-bond acceptors (Lipinski definition) is 0. The first-order chi connectivity index (χ1) is 27.0. The van der Waals surface area contributed by atoms with Crippen molar-refractivity contribution in [2.75, 3.05) is 0 Å². The molecule has 8 rings (SSSR count). The van der Waals surface area contributed by atoms with E-state index in [-0.39, 0.29) is 30.2 Å². The molecule has 2 aliphatic rings. The number of rotatable bonds is 8. The van der Waals surface area contributed by atoms with Crippen molar-refractivity contribution >= 4 is 27.0 Å². The largest absolute Gasteiger partial charge is 1.00 e. The van der Waals surface area contributed by atoms with Gasteiger partial charge in [0.15, 0.2) is 0 Å². The molecule has 0 N–H and O–H groups in total. The molecule has 6 aromatic carbocycles. The smallest absolute Gasteiger partial charge is 0.0219 e. The number of aryl methyl sites for hydroxylation is 2. The molecule has 0 nitrogen and oxygen atoms in total. The van der Waals surface area contributed by atoms with Crippen LogP contribution in [0.25, 0.3) is 43.8 Å². The van der Waals surface area contributed by atoms with Gasteiger partial charge < -0.3 is 24.8 Å². The second kappa shape index (κ2) is 23.1. The van der Waals surface area contributed by atoms with Gasteiger partial charge in [-0.2, -0.15) is 12.1 Å². The Morgan fingerprint density at radius 3 is 1.17 bits per heavy atom. The minimum absolute atomic E-state index is 0. The molecule has 2 fully saturated rings. The third kappa shape index (κ3) is 12.9. The van der Waals surface area contributed by atoms with Crippen LogP contribution in [0.5, 0.6) is 0 Å². The average Bonchev–Trinajstić information content (AvgIpc) is 3.82. The van der Waals surface area contributed by atoms with Gasteiger partial charge in [0, 0.05) is 0 Å². The van der Waals surface area contributed by atoms with Gasteiger partial charge in [-0.3, -0.25) is 0 Å². The summed E-state index contributed by atoms with van der Waals surface area (Å²) in [6, 6.07) is 37.4. The van der Waals surface area contributed by atoms with Crippen LogP contribution in [-0.4, -0.2) is 5.43 Å². The van der Waals surface area contributed by atoms with E-state index in [9.17, 15) is 0 Å².